The van der Waals surface area contributed by atoms with Crippen molar-refractivity contribution >= 4 is 49.2 Å². The van der Waals surface area contributed by atoms with Gasteiger partial charge in [-0.15, -0.1) is 11.3 Å². The van der Waals surface area contributed by atoms with Crippen molar-refractivity contribution in [3.05, 3.63) is 85.4 Å². The van der Waals surface area contributed by atoms with Crippen LogP contribution in [0, 0.1) is 0 Å². The average molecular weight is 528 g/mol. The van der Waals surface area contributed by atoms with E-state index in [1.807, 2.05) is 42.5 Å². The molecule has 0 amide bonds. The van der Waals surface area contributed by atoms with Crippen LogP contribution in [0.3, 0.4) is 0 Å². The van der Waals surface area contributed by atoms with Gasteiger partial charge in [0, 0.05) is 21.5 Å². The Morgan fingerprint density at radius 2 is 1.94 bits per heavy atom. The summed E-state index contributed by atoms with van der Waals surface area (Å²) in [5.41, 5.74) is 2.92. The predicted molar refractivity (Wildman–Crippen MR) is 136 cm³/mol. The van der Waals surface area contributed by atoms with E-state index in [2.05, 4.69) is 41.9 Å². The largest absolute Gasteiger partial charge is 0.369 e. The van der Waals surface area contributed by atoms with E-state index in [1.54, 1.807) is 27.7 Å². The third-order valence-electron chi connectivity index (χ3n) is 6.02. The molecule has 0 fully saturated rings. The monoisotopic (exact) mass is 526 g/mol. The number of hydrogen-bond donors (Lipinski definition) is 0. The molecule has 0 radical (unpaired) electrons. The molecule has 1 aliphatic rings. The molecule has 7 heteroatoms. The normalized spacial score (nSPS) is 18.1. The Kier molecular flexibility index (Phi) is 6.01. The Bertz CT molecular complexity index is 1330. The second-order valence-corrected chi connectivity index (χ2v) is 11.2. The molecule has 0 bridgehead atoms. The highest BCUT2D eigenvalue weighted by atomic mass is 79.9. The molecule has 1 aliphatic heterocycles. The van der Waals surface area contributed by atoms with Crippen LogP contribution in [-0.4, -0.2) is 15.2 Å². The van der Waals surface area contributed by atoms with Gasteiger partial charge < -0.3 is 4.74 Å². The van der Waals surface area contributed by atoms with Gasteiger partial charge in [0.05, 0.1) is 23.3 Å². The van der Waals surface area contributed by atoms with Gasteiger partial charge in [0.25, 0.3) is 5.56 Å². The van der Waals surface area contributed by atoms with Gasteiger partial charge in [-0.1, -0.05) is 64.9 Å². The summed E-state index contributed by atoms with van der Waals surface area (Å²) in [4.78, 5) is 20.9. The number of hydrogen-bond acceptors (Lipinski definition) is 5. The van der Waals surface area contributed by atoms with Crippen LogP contribution < -0.4 is 5.56 Å². The third kappa shape index (κ3) is 4.07. The number of benzene rings is 2. The molecule has 0 N–H and O–H groups in total. The van der Waals surface area contributed by atoms with E-state index in [0.717, 1.165) is 54.6 Å². The zero-order valence-electron chi connectivity index (χ0n) is 17.9. The van der Waals surface area contributed by atoms with Gasteiger partial charge in [-0.2, -0.15) is 0 Å². The maximum absolute atomic E-state index is 13.9. The Hall–Kier alpha value is -1.93. The number of fused-ring (bicyclic) bond motifs is 3. The van der Waals surface area contributed by atoms with Crippen molar-refractivity contribution in [3.63, 3.8) is 0 Å². The first-order chi connectivity index (χ1) is 15.5. The third-order valence-corrected chi connectivity index (χ3v) is 8.66. The van der Waals surface area contributed by atoms with Gasteiger partial charge in [0.15, 0.2) is 5.16 Å². The second-order valence-electron chi connectivity index (χ2n) is 8.24. The average Bonchev–Trinajstić information content (AvgIpc) is 3.17. The lowest BCUT2D eigenvalue weighted by atomic mass is 9.90. The quantitative estimate of drug-likeness (QED) is 0.213. The van der Waals surface area contributed by atoms with Crippen LogP contribution in [0.1, 0.15) is 36.3 Å². The summed E-state index contributed by atoms with van der Waals surface area (Å²) in [6, 6.07) is 18.1. The minimum atomic E-state index is -0.236. The summed E-state index contributed by atoms with van der Waals surface area (Å²) < 4.78 is 8.96. The minimum absolute atomic E-state index is 0.0114. The van der Waals surface area contributed by atoms with Crippen molar-refractivity contribution in [2.45, 2.75) is 49.8 Å². The molecule has 32 heavy (non-hydrogen) atoms. The van der Waals surface area contributed by atoms with Crippen LogP contribution in [0.25, 0.3) is 15.9 Å². The topological polar surface area (TPSA) is 44.1 Å². The smallest absolute Gasteiger partial charge is 0.267 e. The summed E-state index contributed by atoms with van der Waals surface area (Å²) in [7, 11) is 0. The molecular weight excluding hydrogens is 504 g/mol. The van der Waals surface area contributed by atoms with Crippen molar-refractivity contribution in [2.24, 2.45) is 0 Å². The number of aromatic nitrogens is 2. The maximum Gasteiger partial charge on any atom is 0.267 e. The number of rotatable bonds is 5. The van der Waals surface area contributed by atoms with E-state index in [4.69, 9.17) is 9.72 Å². The number of thiophene rings is 1. The lowest BCUT2D eigenvalue weighted by molar-refractivity contribution is -0.0543. The number of halogens is 1. The second kappa shape index (κ2) is 8.78. The maximum atomic E-state index is 13.9. The molecule has 2 aromatic carbocycles. The molecule has 4 aromatic rings. The van der Waals surface area contributed by atoms with E-state index in [-0.39, 0.29) is 11.2 Å². The van der Waals surface area contributed by atoms with Crippen LogP contribution in [-0.2, 0) is 23.5 Å². The van der Waals surface area contributed by atoms with Crippen molar-refractivity contribution in [1.82, 2.24) is 9.55 Å². The predicted octanol–water partition coefficient (Wildman–Crippen LogP) is 6.74. The highest BCUT2D eigenvalue weighted by Crippen LogP contribution is 2.39. The van der Waals surface area contributed by atoms with Crippen molar-refractivity contribution < 1.29 is 4.74 Å². The molecule has 0 aliphatic carbocycles. The number of nitrogens with zero attached hydrogens (tertiary/aromatic N) is 2. The Morgan fingerprint density at radius 1 is 1.19 bits per heavy atom. The molecule has 0 unspecified atom stereocenters. The van der Waals surface area contributed by atoms with E-state index in [1.165, 1.54) is 5.56 Å². The Balaban J connectivity index is 1.64. The fraction of sp³-hybridized carbons (Fsp3) is 0.280. The fourth-order valence-electron chi connectivity index (χ4n) is 3.96. The summed E-state index contributed by atoms with van der Waals surface area (Å²) in [5.74, 6) is 0.736. The summed E-state index contributed by atoms with van der Waals surface area (Å²) in [5, 5.41) is 1.47. The fourth-order valence-corrected chi connectivity index (χ4v) is 6.34. The molecule has 4 nitrogen and oxygen atoms in total. The van der Waals surface area contributed by atoms with Gasteiger partial charge in [0.1, 0.15) is 4.83 Å². The molecule has 164 valence electrons. The SMILES string of the molecule is CC[C@]1(C)Cc2c(sc3nc(SCc4ccc(Br)cc4)n(-c4ccccc4)c(=O)c23)CO1. The highest BCUT2D eigenvalue weighted by Gasteiger charge is 2.33. The minimum Gasteiger partial charge on any atom is -0.369 e. The number of ether oxygens (including phenoxy) is 1. The van der Waals surface area contributed by atoms with Crippen LogP contribution in [0.15, 0.2) is 69.0 Å². The van der Waals surface area contributed by atoms with Crippen LogP contribution >= 0.6 is 39.0 Å². The summed E-state index contributed by atoms with van der Waals surface area (Å²) >= 11 is 6.68. The first-order valence-electron chi connectivity index (χ1n) is 10.6. The van der Waals surface area contributed by atoms with Crippen molar-refractivity contribution in [2.75, 3.05) is 0 Å². The Morgan fingerprint density at radius 3 is 2.66 bits per heavy atom. The van der Waals surface area contributed by atoms with E-state index >= 15 is 0 Å². The van der Waals surface area contributed by atoms with E-state index in [0.29, 0.717) is 6.61 Å². The standard InChI is InChI=1S/C25H23BrN2O2S2/c1-3-25(2)13-19-20(14-30-25)32-22-21(19)23(29)28(18-7-5-4-6-8-18)24(27-22)31-15-16-9-11-17(26)12-10-16/h4-12H,3,13-15H2,1-2H3/t25-/m1/s1. The first kappa shape index (κ1) is 21.9. The molecule has 3 heterocycles. The number of para-hydroxylation sites is 1. The lowest BCUT2D eigenvalue weighted by Gasteiger charge is -2.32. The lowest BCUT2D eigenvalue weighted by Crippen LogP contribution is -2.34. The van der Waals surface area contributed by atoms with Gasteiger partial charge in [-0.25, -0.2) is 4.98 Å². The number of thioether (sulfide) groups is 1. The van der Waals surface area contributed by atoms with Crippen LogP contribution in [0.5, 0.6) is 0 Å². The molecule has 0 spiro atoms. The van der Waals surface area contributed by atoms with E-state index < -0.39 is 0 Å². The van der Waals surface area contributed by atoms with Gasteiger partial charge in [-0.3, -0.25) is 9.36 Å². The molecule has 1 atom stereocenters. The van der Waals surface area contributed by atoms with Crippen molar-refractivity contribution in [1.29, 1.82) is 0 Å². The van der Waals surface area contributed by atoms with Crippen LogP contribution in [0.2, 0.25) is 0 Å². The zero-order valence-corrected chi connectivity index (χ0v) is 21.1. The highest BCUT2D eigenvalue weighted by molar-refractivity contribution is 9.10. The van der Waals surface area contributed by atoms with Gasteiger partial charge in [0.2, 0.25) is 0 Å². The summed E-state index contributed by atoms with van der Waals surface area (Å²) in [6.07, 6.45) is 1.65. The van der Waals surface area contributed by atoms with Crippen molar-refractivity contribution in [3.8, 4) is 5.69 Å². The first-order valence-corrected chi connectivity index (χ1v) is 13.2. The summed E-state index contributed by atoms with van der Waals surface area (Å²) in [6.45, 7) is 4.81. The molecule has 5 rings (SSSR count). The van der Waals surface area contributed by atoms with Gasteiger partial charge in [-0.05, 0) is 48.7 Å². The molecule has 2 aromatic heterocycles. The van der Waals surface area contributed by atoms with E-state index in [9.17, 15) is 4.79 Å². The molecular formula is C25H23BrN2O2S2. The molecule has 0 saturated heterocycles. The van der Waals surface area contributed by atoms with Crippen LogP contribution in [0.4, 0.5) is 0 Å². The van der Waals surface area contributed by atoms with Gasteiger partial charge >= 0.3 is 0 Å². The molecule has 0 saturated carbocycles. The zero-order chi connectivity index (χ0) is 22.3. The Labute approximate surface area is 203 Å².